The number of benzene rings is 2. The van der Waals surface area contributed by atoms with Gasteiger partial charge in [0.25, 0.3) is 0 Å². The van der Waals surface area contributed by atoms with Gasteiger partial charge in [0.2, 0.25) is 0 Å². The molecule has 0 saturated heterocycles. The smallest absolute Gasteiger partial charge is 0.343 e. The van der Waals surface area contributed by atoms with Crippen molar-refractivity contribution in [3.8, 4) is 23.0 Å². The van der Waals surface area contributed by atoms with Gasteiger partial charge in [-0.25, -0.2) is 4.79 Å². The zero-order chi connectivity index (χ0) is 20.5. The lowest BCUT2D eigenvalue weighted by atomic mass is 9.91. The monoisotopic (exact) mass is 384 g/mol. The number of carbonyl (C=O) groups excluding carboxylic acids is 2. The Morgan fingerprint density at radius 2 is 1.75 bits per heavy atom. The van der Waals surface area contributed by atoms with Gasteiger partial charge in [0.15, 0.2) is 11.5 Å². The molecule has 0 spiro atoms. The molecule has 0 aliphatic carbocycles. The largest absolute Gasteiger partial charge is 0.497 e. The average molecular weight is 384 g/mol. The maximum atomic E-state index is 12.7. The molecular formula is C22H24O6. The summed E-state index contributed by atoms with van der Waals surface area (Å²) < 4.78 is 22.3. The van der Waals surface area contributed by atoms with E-state index >= 15 is 0 Å². The van der Waals surface area contributed by atoms with Crippen LogP contribution in [0.25, 0.3) is 0 Å². The van der Waals surface area contributed by atoms with E-state index in [2.05, 4.69) is 0 Å². The highest BCUT2D eigenvalue weighted by Crippen LogP contribution is 2.45. The van der Waals surface area contributed by atoms with Gasteiger partial charge in [-0.1, -0.05) is 0 Å². The first-order chi connectivity index (χ1) is 13.3. The van der Waals surface area contributed by atoms with Crippen LogP contribution in [0, 0.1) is 0 Å². The van der Waals surface area contributed by atoms with E-state index in [0.29, 0.717) is 34.8 Å². The van der Waals surface area contributed by atoms with Crippen molar-refractivity contribution in [2.75, 3.05) is 14.2 Å². The van der Waals surface area contributed by atoms with Crippen LogP contribution in [0.1, 0.15) is 53.5 Å². The van der Waals surface area contributed by atoms with Crippen molar-refractivity contribution < 1.29 is 28.5 Å². The fourth-order valence-corrected chi connectivity index (χ4v) is 3.24. The number of Topliss-reactive ketones (excluding diaryl/α,β-unsaturated/α-hetero) is 1. The molecule has 0 N–H and O–H groups in total. The molecule has 2 aromatic carbocycles. The molecule has 1 aliphatic heterocycles. The van der Waals surface area contributed by atoms with Crippen LogP contribution in [0.5, 0.6) is 23.0 Å². The van der Waals surface area contributed by atoms with Crippen LogP contribution >= 0.6 is 0 Å². The Morgan fingerprint density at radius 1 is 1.07 bits per heavy atom. The van der Waals surface area contributed by atoms with E-state index in [0.717, 1.165) is 6.42 Å². The maximum Gasteiger partial charge on any atom is 0.343 e. The van der Waals surface area contributed by atoms with Crippen molar-refractivity contribution in [3.05, 3.63) is 47.0 Å². The lowest BCUT2D eigenvalue weighted by Gasteiger charge is -2.34. The van der Waals surface area contributed by atoms with Gasteiger partial charge in [-0.3, -0.25) is 4.79 Å². The van der Waals surface area contributed by atoms with E-state index < -0.39 is 5.97 Å². The van der Waals surface area contributed by atoms with Gasteiger partial charge in [-0.2, -0.15) is 0 Å². The molecule has 3 rings (SSSR count). The molecular weight excluding hydrogens is 360 g/mol. The SMILES string of the molecule is COc1ccc(C(=O)Oc2c3c(cc(OC)c2C(C)=O)OC(C)(C)CC3)cc1. The summed E-state index contributed by atoms with van der Waals surface area (Å²) in [6.07, 6.45) is 1.36. The van der Waals surface area contributed by atoms with Gasteiger partial charge in [0.05, 0.1) is 19.8 Å². The van der Waals surface area contributed by atoms with Crippen LogP contribution in [0.2, 0.25) is 0 Å². The summed E-state index contributed by atoms with van der Waals surface area (Å²) >= 11 is 0. The minimum atomic E-state index is -0.564. The van der Waals surface area contributed by atoms with Gasteiger partial charge in [-0.15, -0.1) is 0 Å². The van der Waals surface area contributed by atoms with Gasteiger partial charge >= 0.3 is 5.97 Å². The molecule has 6 heteroatoms. The first-order valence-corrected chi connectivity index (χ1v) is 9.06. The number of hydrogen-bond acceptors (Lipinski definition) is 6. The van der Waals surface area contributed by atoms with E-state index in [1.165, 1.54) is 14.0 Å². The summed E-state index contributed by atoms with van der Waals surface area (Å²) in [6.45, 7) is 5.40. The summed E-state index contributed by atoms with van der Waals surface area (Å²) in [6, 6.07) is 8.27. The van der Waals surface area contributed by atoms with Crippen molar-refractivity contribution in [2.45, 2.75) is 39.2 Å². The molecule has 0 atom stereocenters. The number of fused-ring (bicyclic) bond motifs is 1. The van der Waals surface area contributed by atoms with E-state index in [4.69, 9.17) is 18.9 Å². The number of rotatable bonds is 5. The Labute approximate surface area is 164 Å². The standard InChI is InChI=1S/C22H24O6/c1-13(23)19-18(26-5)12-17-16(10-11-22(2,3)28-17)20(19)27-21(24)14-6-8-15(25-4)9-7-14/h6-9,12H,10-11H2,1-5H3. The van der Waals surface area contributed by atoms with Gasteiger partial charge < -0.3 is 18.9 Å². The minimum Gasteiger partial charge on any atom is -0.497 e. The number of methoxy groups -OCH3 is 2. The number of ketones is 1. The molecule has 0 radical (unpaired) electrons. The predicted octanol–water partition coefficient (Wildman–Crippen LogP) is 4.23. The molecule has 6 nitrogen and oxygen atoms in total. The van der Waals surface area contributed by atoms with Crippen molar-refractivity contribution >= 4 is 11.8 Å². The Bertz CT molecular complexity index is 912. The van der Waals surface area contributed by atoms with E-state index in [9.17, 15) is 9.59 Å². The third-order valence-electron chi connectivity index (χ3n) is 4.76. The third kappa shape index (κ3) is 3.81. The third-order valence-corrected chi connectivity index (χ3v) is 4.76. The fourth-order valence-electron chi connectivity index (χ4n) is 3.24. The van der Waals surface area contributed by atoms with Crippen LogP contribution < -0.4 is 18.9 Å². The topological polar surface area (TPSA) is 71.1 Å². The fraction of sp³-hybridized carbons (Fsp3) is 0.364. The van der Waals surface area contributed by atoms with Gasteiger partial charge in [-0.05, 0) is 57.9 Å². The summed E-state index contributed by atoms with van der Waals surface area (Å²) in [7, 11) is 3.02. The predicted molar refractivity (Wildman–Crippen MR) is 104 cm³/mol. The van der Waals surface area contributed by atoms with Crippen molar-refractivity contribution in [1.29, 1.82) is 0 Å². The van der Waals surface area contributed by atoms with Crippen molar-refractivity contribution in [2.24, 2.45) is 0 Å². The Hall–Kier alpha value is -3.02. The molecule has 0 unspecified atom stereocenters. The van der Waals surface area contributed by atoms with Crippen LogP contribution in [0.3, 0.4) is 0 Å². The molecule has 0 amide bonds. The Balaban J connectivity index is 2.07. The summed E-state index contributed by atoms with van der Waals surface area (Å²) in [5.74, 6) is 0.915. The molecule has 1 aliphatic rings. The summed E-state index contributed by atoms with van der Waals surface area (Å²) in [5.41, 5.74) is 0.940. The maximum absolute atomic E-state index is 12.7. The zero-order valence-corrected chi connectivity index (χ0v) is 16.8. The number of hydrogen-bond donors (Lipinski definition) is 0. The number of carbonyl (C=O) groups is 2. The molecule has 148 valence electrons. The highest BCUT2D eigenvalue weighted by atomic mass is 16.5. The second kappa shape index (κ2) is 7.54. The van der Waals surface area contributed by atoms with Gasteiger partial charge in [0.1, 0.15) is 28.4 Å². The first-order valence-electron chi connectivity index (χ1n) is 9.06. The van der Waals surface area contributed by atoms with E-state index in [1.807, 2.05) is 13.8 Å². The van der Waals surface area contributed by atoms with Crippen molar-refractivity contribution in [1.82, 2.24) is 0 Å². The van der Waals surface area contributed by atoms with E-state index in [1.54, 1.807) is 37.4 Å². The highest BCUT2D eigenvalue weighted by Gasteiger charge is 2.33. The normalized spacial score (nSPS) is 14.5. The lowest BCUT2D eigenvalue weighted by molar-refractivity contribution is 0.0707. The molecule has 0 fully saturated rings. The first kappa shape index (κ1) is 19.7. The molecule has 0 saturated carbocycles. The van der Waals surface area contributed by atoms with E-state index in [-0.39, 0.29) is 22.7 Å². The molecule has 1 heterocycles. The molecule has 28 heavy (non-hydrogen) atoms. The van der Waals surface area contributed by atoms with Gasteiger partial charge in [0, 0.05) is 11.6 Å². The quantitative estimate of drug-likeness (QED) is 0.436. The molecule has 0 bridgehead atoms. The minimum absolute atomic E-state index is 0.207. The zero-order valence-electron chi connectivity index (χ0n) is 16.8. The highest BCUT2D eigenvalue weighted by molar-refractivity contribution is 6.02. The van der Waals surface area contributed by atoms with Crippen LogP contribution in [0.15, 0.2) is 30.3 Å². The summed E-state index contributed by atoms with van der Waals surface area (Å²) in [4.78, 5) is 25.1. The average Bonchev–Trinajstić information content (AvgIpc) is 2.66. The number of ether oxygens (including phenoxy) is 4. The Morgan fingerprint density at radius 3 is 2.32 bits per heavy atom. The van der Waals surface area contributed by atoms with Crippen LogP contribution in [-0.4, -0.2) is 31.6 Å². The number of esters is 1. The van der Waals surface area contributed by atoms with Crippen LogP contribution in [0.4, 0.5) is 0 Å². The van der Waals surface area contributed by atoms with Crippen molar-refractivity contribution in [3.63, 3.8) is 0 Å². The second-order valence-corrected chi connectivity index (χ2v) is 7.30. The second-order valence-electron chi connectivity index (χ2n) is 7.30. The molecule has 2 aromatic rings. The Kier molecular flexibility index (Phi) is 5.31. The van der Waals surface area contributed by atoms with Crippen LogP contribution in [-0.2, 0) is 6.42 Å². The lowest BCUT2D eigenvalue weighted by Crippen LogP contribution is -2.33. The molecule has 0 aromatic heterocycles. The summed E-state index contributed by atoms with van der Waals surface area (Å²) in [5, 5.41) is 0.